The fourth-order valence-electron chi connectivity index (χ4n) is 2.26. The van der Waals surface area contributed by atoms with E-state index in [9.17, 15) is 4.79 Å². The van der Waals surface area contributed by atoms with Crippen LogP contribution in [0.4, 0.5) is 5.69 Å². The summed E-state index contributed by atoms with van der Waals surface area (Å²) < 4.78 is 0.989. The second kappa shape index (κ2) is 6.23. The second-order valence-corrected chi connectivity index (χ2v) is 5.59. The third-order valence-electron chi connectivity index (χ3n) is 3.28. The van der Waals surface area contributed by atoms with E-state index >= 15 is 0 Å². The van der Waals surface area contributed by atoms with Crippen LogP contribution in [0.15, 0.2) is 28.7 Å². The fraction of sp³-hybridized carbons (Fsp3) is 0.500. The average Bonchev–Trinajstić information content (AvgIpc) is 2.41. The van der Waals surface area contributed by atoms with Crippen molar-refractivity contribution in [1.82, 2.24) is 4.90 Å². The number of amides is 1. The zero-order valence-electron chi connectivity index (χ0n) is 10.7. The number of carbonyl (C=O) groups excluding carboxylic acids is 1. The first-order valence-electron chi connectivity index (χ1n) is 6.48. The van der Waals surface area contributed by atoms with Gasteiger partial charge in [-0.3, -0.25) is 4.79 Å². The first-order chi connectivity index (χ1) is 8.68. The number of anilines is 1. The highest BCUT2D eigenvalue weighted by Gasteiger charge is 2.22. The van der Waals surface area contributed by atoms with Gasteiger partial charge >= 0.3 is 0 Å². The number of carbonyl (C=O) groups is 1. The fourth-order valence-corrected chi connectivity index (χ4v) is 2.66. The van der Waals surface area contributed by atoms with Gasteiger partial charge < -0.3 is 10.2 Å². The van der Waals surface area contributed by atoms with E-state index in [1.54, 1.807) is 0 Å². The van der Waals surface area contributed by atoms with Crippen LogP contribution in [0, 0.1) is 0 Å². The number of nitrogens with zero attached hydrogens (tertiary/aromatic N) is 1. The van der Waals surface area contributed by atoms with Crippen LogP contribution in [0.2, 0.25) is 0 Å². The molecule has 1 atom stereocenters. The number of piperidine rings is 1. The number of benzene rings is 1. The summed E-state index contributed by atoms with van der Waals surface area (Å²) in [7, 11) is 0. The molecule has 1 N–H and O–H groups in total. The molecule has 0 bridgehead atoms. The molecule has 1 heterocycles. The molecule has 1 amide bonds. The Bertz CT molecular complexity index is 416. The monoisotopic (exact) mass is 310 g/mol. The summed E-state index contributed by atoms with van der Waals surface area (Å²) in [6.07, 6.45) is 3.51. The van der Waals surface area contributed by atoms with Crippen LogP contribution in [-0.2, 0) is 4.79 Å². The van der Waals surface area contributed by atoms with Crippen molar-refractivity contribution in [1.29, 1.82) is 0 Å². The normalized spacial score (nSPS) is 17.3. The molecule has 1 aliphatic rings. The van der Waals surface area contributed by atoms with Crippen LogP contribution in [0.25, 0.3) is 0 Å². The molecule has 0 aliphatic carbocycles. The molecule has 1 aromatic carbocycles. The number of rotatable bonds is 3. The Balaban J connectivity index is 1.96. The molecule has 3 nitrogen and oxygen atoms in total. The molecule has 1 aromatic rings. The van der Waals surface area contributed by atoms with Crippen LogP contribution >= 0.6 is 15.9 Å². The lowest BCUT2D eigenvalue weighted by atomic mass is 10.1. The summed E-state index contributed by atoms with van der Waals surface area (Å²) in [5.41, 5.74) is 0.968. The quantitative estimate of drug-likeness (QED) is 0.929. The van der Waals surface area contributed by atoms with Gasteiger partial charge in [-0.25, -0.2) is 0 Å². The predicted molar refractivity (Wildman–Crippen MR) is 77.7 cm³/mol. The van der Waals surface area contributed by atoms with Crippen LogP contribution < -0.4 is 5.32 Å². The van der Waals surface area contributed by atoms with E-state index in [-0.39, 0.29) is 11.9 Å². The summed E-state index contributed by atoms with van der Waals surface area (Å²) >= 11 is 3.48. The van der Waals surface area contributed by atoms with Crippen molar-refractivity contribution in [2.24, 2.45) is 0 Å². The molecule has 0 spiro atoms. The van der Waals surface area contributed by atoms with E-state index in [2.05, 4.69) is 21.2 Å². The van der Waals surface area contributed by atoms with E-state index in [0.29, 0.717) is 0 Å². The molecule has 2 rings (SSSR count). The van der Waals surface area contributed by atoms with Gasteiger partial charge in [-0.05, 0) is 54.2 Å². The molecule has 1 fully saturated rings. The lowest BCUT2D eigenvalue weighted by Gasteiger charge is -2.29. The molecular weight excluding hydrogens is 292 g/mol. The summed E-state index contributed by atoms with van der Waals surface area (Å²) in [5, 5.41) is 3.27. The molecule has 0 saturated carbocycles. The summed E-state index contributed by atoms with van der Waals surface area (Å²) in [6.45, 7) is 3.73. The SMILES string of the molecule is CC(Nc1ccccc1Br)C(=O)N1CCCCC1. The highest BCUT2D eigenvalue weighted by atomic mass is 79.9. The van der Waals surface area contributed by atoms with Gasteiger partial charge in [0.1, 0.15) is 6.04 Å². The largest absolute Gasteiger partial charge is 0.373 e. The van der Waals surface area contributed by atoms with Crippen LogP contribution in [0.3, 0.4) is 0 Å². The van der Waals surface area contributed by atoms with Gasteiger partial charge in [0.25, 0.3) is 0 Å². The van der Waals surface area contributed by atoms with E-state index in [1.807, 2.05) is 36.1 Å². The van der Waals surface area contributed by atoms with Gasteiger partial charge in [0.15, 0.2) is 0 Å². The first kappa shape index (κ1) is 13.4. The average molecular weight is 311 g/mol. The topological polar surface area (TPSA) is 32.3 Å². The molecular formula is C14H19BrN2O. The van der Waals surface area contributed by atoms with Crippen molar-refractivity contribution in [2.45, 2.75) is 32.2 Å². The van der Waals surface area contributed by atoms with E-state index in [1.165, 1.54) is 6.42 Å². The van der Waals surface area contributed by atoms with Gasteiger partial charge in [0.05, 0.1) is 0 Å². The number of nitrogens with one attached hydrogen (secondary N) is 1. The Morgan fingerprint density at radius 1 is 1.28 bits per heavy atom. The first-order valence-corrected chi connectivity index (χ1v) is 7.27. The summed E-state index contributed by atoms with van der Waals surface area (Å²) in [6, 6.07) is 7.70. The van der Waals surface area contributed by atoms with Crippen molar-refractivity contribution >= 4 is 27.5 Å². The molecule has 1 aliphatic heterocycles. The van der Waals surface area contributed by atoms with Crippen molar-refractivity contribution in [2.75, 3.05) is 18.4 Å². The maximum absolute atomic E-state index is 12.3. The number of halogens is 1. The highest BCUT2D eigenvalue weighted by molar-refractivity contribution is 9.10. The Morgan fingerprint density at radius 3 is 2.61 bits per heavy atom. The van der Waals surface area contributed by atoms with Crippen LogP contribution in [0.5, 0.6) is 0 Å². The minimum absolute atomic E-state index is 0.179. The van der Waals surface area contributed by atoms with Crippen molar-refractivity contribution in [3.63, 3.8) is 0 Å². The Labute approximate surface area is 117 Å². The van der Waals surface area contributed by atoms with Gasteiger partial charge in [0, 0.05) is 23.2 Å². The summed E-state index contributed by atoms with van der Waals surface area (Å²) in [5.74, 6) is 0.199. The number of para-hydroxylation sites is 1. The van der Waals surface area contributed by atoms with Gasteiger partial charge in [0.2, 0.25) is 5.91 Å². The Kier molecular flexibility index (Phi) is 4.64. The van der Waals surface area contributed by atoms with Crippen molar-refractivity contribution in [3.8, 4) is 0 Å². The Morgan fingerprint density at radius 2 is 1.94 bits per heavy atom. The van der Waals surface area contributed by atoms with E-state index < -0.39 is 0 Å². The zero-order valence-corrected chi connectivity index (χ0v) is 12.2. The number of likely N-dealkylation sites (tertiary alicyclic amines) is 1. The lowest BCUT2D eigenvalue weighted by molar-refractivity contribution is -0.132. The zero-order chi connectivity index (χ0) is 13.0. The third kappa shape index (κ3) is 3.25. The summed E-state index contributed by atoms with van der Waals surface area (Å²) in [4.78, 5) is 14.2. The molecule has 1 unspecified atom stereocenters. The Hall–Kier alpha value is -1.03. The molecule has 98 valence electrons. The van der Waals surface area contributed by atoms with E-state index in [4.69, 9.17) is 0 Å². The maximum Gasteiger partial charge on any atom is 0.244 e. The van der Waals surface area contributed by atoms with Crippen LogP contribution in [0.1, 0.15) is 26.2 Å². The third-order valence-corrected chi connectivity index (χ3v) is 3.98. The standard InChI is InChI=1S/C14H19BrN2O/c1-11(14(18)17-9-5-2-6-10-17)16-13-8-4-3-7-12(13)15/h3-4,7-8,11,16H,2,5-6,9-10H2,1H3. The lowest BCUT2D eigenvalue weighted by Crippen LogP contribution is -2.43. The highest BCUT2D eigenvalue weighted by Crippen LogP contribution is 2.22. The van der Waals surface area contributed by atoms with Crippen LogP contribution in [-0.4, -0.2) is 29.9 Å². The molecule has 0 radical (unpaired) electrons. The number of hydrogen-bond acceptors (Lipinski definition) is 2. The minimum atomic E-state index is -0.179. The predicted octanol–water partition coefficient (Wildman–Crippen LogP) is 3.26. The van der Waals surface area contributed by atoms with Gasteiger partial charge in [-0.2, -0.15) is 0 Å². The maximum atomic E-state index is 12.3. The molecule has 0 aromatic heterocycles. The minimum Gasteiger partial charge on any atom is -0.373 e. The smallest absolute Gasteiger partial charge is 0.244 e. The van der Waals surface area contributed by atoms with Gasteiger partial charge in [-0.15, -0.1) is 0 Å². The number of hydrogen-bond donors (Lipinski definition) is 1. The van der Waals surface area contributed by atoms with Crippen molar-refractivity contribution in [3.05, 3.63) is 28.7 Å². The van der Waals surface area contributed by atoms with Gasteiger partial charge in [-0.1, -0.05) is 12.1 Å². The molecule has 1 saturated heterocycles. The molecule has 4 heteroatoms. The van der Waals surface area contributed by atoms with E-state index in [0.717, 1.165) is 36.1 Å². The molecule has 18 heavy (non-hydrogen) atoms. The van der Waals surface area contributed by atoms with Crippen molar-refractivity contribution < 1.29 is 4.79 Å². The second-order valence-electron chi connectivity index (χ2n) is 4.73.